The molecule has 1 aliphatic heterocycles. The fourth-order valence-electron chi connectivity index (χ4n) is 2.89. The van der Waals surface area contributed by atoms with Crippen molar-refractivity contribution in [3.05, 3.63) is 65.2 Å². The highest BCUT2D eigenvalue weighted by molar-refractivity contribution is 7.80. The van der Waals surface area contributed by atoms with Crippen LogP contribution in [-0.2, 0) is 9.47 Å². The molecule has 0 saturated carbocycles. The zero-order chi connectivity index (χ0) is 21.5. The molecule has 0 bridgehead atoms. The van der Waals surface area contributed by atoms with E-state index in [9.17, 15) is 14.4 Å². The minimum atomic E-state index is -0.530. The average molecular weight is 427 g/mol. The van der Waals surface area contributed by atoms with Gasteiger partial charge in [0, 0.05) is 29.9 Å². The summed E-state index contributed by atoms with van der Waals surface area (Å²) in [5.74, 6) is -1.04. The van der Waals surface area contributed by atoms with Crippen molar-refractivity contribution in [2.75, 3.05) is 38.7 Å². The summed E-state index contributed by atoms with van der Waals surface area (Å²) in [5, 5.41) is 5.55. The number of carbonyl (C=O) groups is 3. The van der Waals surface area contributed by atoms with Crippen LogP contribution >= 0.6 is 12.2 Å². The number of hydrogen-bond donors (Lipinski definition) is 2. The molecule has 8 nitrogen and oxygen atoms in total. The molecule has 0 aromatic heterocycles. The number of methoxy groups -OCH3 is 1. The number of rotatable bonds is 4. The van der Waals surface area contributed by atoms with Gasteiger partial charge in [-0.2, -0.15) is 0 Å². The lowest BCUT2D eigenvalue weighted by atomic mass is 10.1. The number of thiocarbonyl (C=S) groups is 1. The highest BCUT2D eigenvalue weighted by Gasteiger charge is 2.18. The standard InChI is InChI=1S/C21H21N3O5S/c1-28-20(27)16-4-2-3-15(13-16)18(25)23-21(30)22-17-7-5-14(6-8-17)19(26)24-9-11-29-12-10-24/h2-8,13H,9-12H2,1H3,(H2,22,23,25,30). The summed E-state index contributed by atoms with van der Waals surface area (Å²) in [6.45, 7) is 2.24. The second-order valence-electron chi connectivity index (χ2n) is 6.46. The van der Waals surface area contributed by atoms with Gasteiger partial charge in [0.25, 0.3) is 11.8 Å². The number of ether oxygens (including phenoxy) is 2. The molecule has 0 spiro atoms. The van der Waals surface area contributed by atoms with Crippen LogP contribution < -0.4 is 10.6 Å². The van der Waals surface area contributed by atoms with Crippen molar-refractivity contribution >= 4 is 40.8 Å². The SMILES string of the molecule is COC(=O)c1cccc(C(=O)NC(=S)Nc2ccc(C(=O)N3CCOCC3)cc2)c1. The van der Waals surface area contributed by atoms with Crippen molar-refractivity contribution < 1.29 is 23.9 Å². The number of carbonyl (C=O) groups excluding carboxylic acids is 3. The Hall–Kier alpha value is -3.30. The van der Waals surface area contributed by atoms with Crippen LogP contribution in [0.15, 0.2) is 48.5 Å². The molecule has 1 saturated heterocycles. The first-order valence-corrected chi connectivity index (χ1v) is 9.66. The van der Waals surface area contributed by atoms with E-state index in [1.807, 2.05) is 0 Å². The molecule has 1 aliphatic rings. The maximum atomic E-state index is 12.5. The van der Waals surface area contributed by atoms with Crippen LogP contribution in [0.25, 0.3) is 0 Å². The zero-order valence-corrected chi connectivity index (χ0v) is 17.2. The Morgan fingerprint density at radius 2 is 1.67 bits per heavy atom. The fourth-order valence-corrected chi connectivity index (χ4v) is 3.10. The van der Waals surface area contributed by atoms with E-state index in [1.54, 1.807) is 47.4 Å². The highest BCUT2D eigenvalue weighted by Crippen LogP contribution is 2.13. The predicted octanol–water partition coefficient (Wildman–Crippen LogP) is 2.07. The molecular weight excluding hydrogens is 406 g/mol. The van der Waals surface area contributed by atoms with Crippen molar-refractivity contribution in [1.29, 1.82) is 0 Å². The third kappa shape index (κ3) is 5.40. The number of hydrogen-bond acceptors (Lipinski definition) is 6. The van der Waals surface area contributed by atoms with Gasteiger partial charge in [0.15, 0.2) is 5.11 Å². The van der Waals surface area contributed by atoms with Crippen molar-refractivity contribution in [2.45, 2.75) is 0 Å². The lowest BCUT2D eigenvalue weighted by molar-refractivity contribution is 0.0303. The number of nitrogens with one attached hydrogen (secondary N) is 2. The molecule has 156 valence electrons. The summed E-state index contributed by atoms with van der Waals surface area (Å²) in [4.78, 5) is 38.2. The van der Waals surface area contributed by atoms with Crippen LogP contribution in [0.4, 0.5) is 5.69 Å². The normalized spacial score (nSPS) is 13.3. The van der Waals surface area contributed by atoms with Gasteiger partial charge in [-0.15, -0.1) is 0 Å². The number of anilines is 1. The molecule has 1 fully saturated rings. The molecule has 0 aliphatic carbocycles. The van der Waals surface area contributed by atoms with Crippen LogP contribution in [0.3, 0.4) is 0 Å². The van der Waals surface area contributed by atoms with Gasteiger partial charge in [0.05, 0.1) is 25.9 Å². The van der Waals surface area contributed by atoms with Gasteiger partial charge in [0.2, 0.25) is 0 Å². The minimum absolute atomic E-state index is 0.0498. The summed E-state index contributed by atoms with van der Waals surface area (Å²) in [6.07, 6.45) is 0. The molecule has 0 atom stereocenters. The first-order valence-electron chi connectivity index (χ1n) is 9.26. The van der Waals surface area contributed by atoms with Crippen LogP contribution in [0.5, 0.6) is 0 Å². The number of esters is 1. The van der Waals surface area contributed by atoms with Gasteiger partial charge in [-0.3, -0.25) is 14.9 Å². The van der Waals surface area contributed by atoms with Crippen LogP contribution in [0.1, 0.15) is 31.1 Å². The van der Waals surface area contributed by atoms with E-state index < -0.39 is 11.9 Å². The maximum Gasteiger partial charge on any atom is 0.337 e. The lowest BCUT2D eigenvalue weighted by Gasteiger charge is -2.26. The molecule has 0 radical (unpaired) electrons. The molecule has 2 N–H and O–H groups in total. The van der Waals surface area contributed by atoms with E-state index in [-0.39, 0.29) is 22.1 Å². The van der Waals surface area contributed by atoms with Crippen LogP contribution in [0.2, 0.25) is 0 Å². The number of nitrogens with zero attached hydrogens (tertiary/aromatic N) is 1. The highest BCUT2D eigenvalue weighted by atomic mass is 32.1. The molecule has 2 amide bonds. The van der Waals surface area contributed by atoms with Gasteiger partial charge in [-0.25, -0.2) is 4.79 Å². The number of morpholine rings is 1. The topological polar surface area (TPSA) is 97.0 Å². The third-order valence-electron chi connectivity index (χ3n) is 4.46. The predicted molar refractivity (Wildman–Crippen MR) is 115 cm³/mol. The molecule has 9 heteroatoms. The number of amides is 2. The Morgan fingerprint density at radius 3 is 2.33 bits per heavy atom. The van der Waals surface area contributed by atoms with Crippen molar-refractivity contribution in [1.82, 2.24) is 10.2 Å². The fraction of sp³-hybridized carbons (Fsp3) is 0.238. The Balaban J connectivity index is 1.57. The van der Waals surface area contributed by atoms with Gasteiger partial charge in [-0.1, -0.05) is 6.07 Å². The first-order chi connectivity index (χ1) is 14.5. The summed E-state index contributed by atoms with van der Waals surface area (Å²) >= 11 is 5.18. The van der Waals surface area contributed by atoms with Gasteiger partial charge in [-0.05, 0) is 54.7 Å². The van der Waals surface area contributed by atoms with Crippen LogP contribution in [0, 0.1) is 0 Å². The summed E-state index contributed by atoms with van der Waals surface area (Å²) in [6, 6.07) is 13.0. The van der Waals surface area contributed by atoms with Crippen LogP contribution in [-0.4, -0.2) is 61.2 Å². The average Bonchev–Trinajstić information content (AvgIpc) is 2.79. The largest absolute Gasteiger partial charge is 0.465 e. The quantitative estimate of drug-likeness (QED) is 0.570. The Labute approximate surface area is 179 Å². The molecule has 0 unspecified atom stereocenters. The number of benzene rings is 2. The molecule has 3 rings (SSSR count). The lowest BCUT2D eigenvalue weighted by Crippen LogP contribution is -2.40. The van der Waals surface area contributed by atoms with Crippen molar-refractivity contribution in [2.24, 2.45) is 0 Å². The Bertz CT molecular complexity index is 955. The van der Waals surface area contributed by atoms with E-state index in [2.05, 4.69) is 15.4 Å². The summed E-state index contributed by atoms with van der Waals surface area (Å²) in [7, 11) is 1.27. The van der Waals surface area contributed by atoms with Gasteiger partial charge >= 0.3 is 5.97 Å². The zero-order valence-electron chi connectivity index (χ0n) is 16.3. The second-order valence-corrected chi connectivity index (χ2v) is 6.87. The Morgan fingerprint density at radius 1 is 1.00 bits per heavy atom. The first kappa shape index (κ1) is 21.4. The molecule has 30 heavy (non-hydrogen) atoms. The van der Waals surface area contributed by atoms with Gasteiger partial charge < -0.3 is 19.7 Å². The van der Waals surface area contributed by atoms with E-state index in [0.717, 1.165) is 0 Å². The van der Waals surface area contributed by atoms with E-state index in [1.165, 1.54) is 13.2 Å². The minimum Gasteiger partial charge on any atom is -0.465 e. The van der Waals surface area contributed by atoms with E-state index in [0.29, 0.717) is 37.6 Å². The smallest absolute Gasteiger partial charge is 0.337 e. The van der Waals surface area contributed by atoms with E-state index >= 15 is 0 Å². The van der Waals surface area contributed by atoms with Crippen molar-refractivity contribution in [3.63, 3.8) is 0 Å². The van der Waals surface area contributed by atoms with Gasteiger partial charge in [0.1, 0.15) is 0 Å². The summed E-state index contributed by atoms with van der Waals surface area (Å²) < 4.78 is 9.91. The van der Waals surface area contributed by atoms with E-state index in [4.69, 9.17) is 17.0 Å². The second kappa shape index (κ2) is 9.95. The maximum absolute atomic E-state index is 12.5. The molecule has 2 aromatic carbocycles. The monoisotopic (exact) mass is 427 g/mol. The molecular formula is C21H21N3O5S. The molecule has 2 aromatic rings. The van der Waals surface area contributed by atoms with Crippen molar-refractivity contribution in [3.8, 4) is 0 Å². The summed E-state index contributed by atoms with van der Waals surface area (Å²) in [5.41, 5.74) is 1.73. The Kier molecular flexibility index (Phi) is 7.10. The molecule has 1 heterocycles. The third-order valence-corrected chi connectivity index (χ3v) is 4.67.